The second kappa shape index (κ2) is 14.1. The summed E-state index contributed by atoms with van der Waals surface area (Å²) in [6, 6.07) is 11.4. The maximum Gasteiger partial charge on any atom is 0.163 e. The predicted molar refractivity (Wildman–Crippen MR) is 158 cm³/mol. The summed E-state index contributed by atoms with van der Waals surface area (Å²) < 4.78 is 71.4. The van der Waals surface area contributed by atoms with Gasteiger partial charge in [-0.3, -0.25) is 4.21 Å². The van der Waals surface area contributed by atoms with Crippen molar-refractivity contribution < 1.29 is 31.8 Å². The van der Waals surface area contributed by atoms with Gasteiger partial charge in [-0.25, -0.2) is 28.5 Å². The highest BCUT2D eigenvalue weighted by Crippen LogP contribution is 2.39. The molecule has 228 valence electrons. The monoisotopic (exact) mass is 613 g/mol. The third-order valence-corrected chi connectivity index (χ3v) is 7.38. The lowest BCUT2D eigenvalue weighted by Crippen LogP contribution is -2.37. The van der Waals surface area contributed by atoms with E-state index in [1.807, 2.05) is 0 Å². The molecular weight excluding hydrogens is 582 g/mol. The fourth-order valence-electron chi connectivity index (χ4n) is 4.81. The fourth-order valence-corrected chi connectivity index (χ4v) is 5.09. The molecule has 3 N–H and O–H groups in total. The van der Waals surface area contributed by atoms with Crippen molar-refractivity contribution in [1.29, 1.82) is 0 Å². The number of morpholine rings is 1. The Labute approximate surface area is 249 Å². The van der Waals surface area contributed by atoms with E-state index >= 15 is 8.78 Å². The summed E-state index contributed by atoms with van der Waals surface area (Å²) in [4.78, 5) is 16.0. The number of fused-ring (bicyclic) bond motifs is 1. The van der Waals surface area contributed by atoms with Gasteiger partial charge in [0, 0.05) is 66.3 Å². The first-order valence-electron chi connectivity index (χ1n) is 13.6. The van der Waals surface area contributed by atoms with Crippen LogP contribution in [0.4, 0.5) is 20.4 Å². The molecule has 0 amide bonds. The van der Waals surface area contributed by atoms with Crippen molar-refractivity contribution in [2.75, 3.05) is 63.8 Å². The van der Waals surface area contributed by atoms with Crippen molar-refractivity contribution >= 4 is 33.8 Å². The van der Waals surface area contributed by atoms with E-state index in [-0.39, 0.29) is 30.7 Å². The van der Waals surface area contributed by atoms with E-state index in [0.29, 0.717) is 78.1 Å². The minimum Gasteiger partial charge on any atom is -0.760 e. The van der Waals surface area contributed by atoms with Crippen LogP contribution in [-0.2, 0) is 20.7 Å². The van der Waals surface area contributed by atoms with Crippen LogP contribution in [0.1, 0.15) is 18.2 Å². The van der Waals surface area contributed by atoms with Crippen LogP contribution in [-0.4, -0.2) is 76.9 Å². The second-order valence-electron chi connectivity index (χ2n) is 9.75. The molecule has 43 heavy (non-hydrogen) atoms. The summed E-state index contributed by atoms with van der Waals surface area (Å²) in [6.45, 7) is 2.50. The van der Waals surface area contributed by atoms with E-state index in [1.54, 1.807) is 49.7 Å². The van der Waals surface area contributed by atoms with Crippen molar-refractivity contribution in [3.05, 3.63) is 60.0 Å². The van der Waals surface area contributed by atoms with Crippen LogP contribution in [0, 0.1) is 5.82 Å². The van der Waals surface area contributed by atoms with E-state index in [1.165, 1.54) is 6.07 Å². The largest absolute Gasteiger partial charge is 0.760 e. The molecule has 2 aromatic heterocycles. The molecule has 2 unspecified atom stereocenters. The number of halogens is 2. The van der Waals surface area contributed by atoms with Crippen LogP contribution in [0.3, 0.4) is 0 Å². The number of hydrogen-bond acceptors (Lipinski definition) is 10. The number of hydrogen-bond donors (Lipinski definition) is 2. The summed E-state index contributed by atoms with van der Waals surface area (Å²) >= 11 is -2.53. The number of nitrogen functional groups attached to an aromatic ring is 1. The van der Waals surface area contributed by atoms with Gasteiger partial charge in [0.1, 0.15) is 41.5 Å². The van der Waals surface area contributed by atoms with Crippen molar-refractivity contribution in [1.82, 2.24) is 19.7 Å². The standard InChI is InChI=1S/C29H32F2N6O5S/c1-40-13-14-42-24-16-19(20-3-2-4-21(26(20)31)23(30)7-8-34-43(38)39)15-22-27(24)35-28(18-5-6-25(32)33-17-18)36-29(22)37-9-11-41-12-10-37/h2-6,15-17,23,34H,7-14H2,1H3,(H2,32,33)(H,38,39)/p-1. The van der Waals surface area contributed by atoms with Crippen LogP contribution >= 0.6 is 0 Å². The van der Waals surface area contributed by atoms with E-state index in [9.17, 15) is 8.76 Å². The number of pyridine rings is 1. The van der Waals surface area contributed by atoms with Crippen molar-refractivity contribution in [2.24, 2.45) is 0 Å². The van der Waals surface area contributed by atoms with Gasteiger partial charge in [0.25, 0.3) is 0 Å². The van der Waals surface area contributed by atoms with Crippen LogP contribution < -0.4 is 20.1 Å². The van der Waals surface area contributed by atoms with E-state index in [2.05, 4.69) is 14.6 Å². The predicted octanol–water partition coefficient (Wildman–Crippen LogP) is 3.73. The Balaban J connectivity index is 1.66. The van der Waals surface area contributed by atoms with Gasteiger partial charge in [-0.05, 0) is 36.2 Å². The van der Waals surface area contributed by atoms with Crippen molar-refractivity contribution in [2.45, 2.75) is 12.6 Å². The number of nitrogens with two attached hydrogens (primary N) is 1. The van der Waals surface area contributed by atoms with Crippen LogP contribution in [0.15, 0.2) is 48.7 Å². The fraction of sp³-hybridized carbons (Fsp3) is 0.345. The smallest absolute Gasteiger partial charge is 0.163 e. The third kappa shape index (κ3) is 7.22. The maximum atomic E-state index is 15.9. The number of rotatable bonds is 12. The number of nitrogens with zero attached hydrogens (tertiary/aromatic N) is 4. The van der Waals surface area contributed by atoms with Crippen molar-refractivity contribution in [3.8, 4) is 28.3 Å². The first kappa shape index (κ1) is 30.6. The van der Waals surface area contributed by atoms with Gasteiger partial charge in [0.05, 0.1) is 19.8 Å². The normalized spacial score (nSPS) is 15.0. The molecule has 1 saturated heterocycles. The van der Waals surface area contributed by atoms with Crippen LogP contribution in [0.2, 0.25) is 0 Å². The summed E-state index contributed by atoms with van der Waals surface area (Å²) in [7, 11) is 1.56. The highest BCUT2D eigenvalue weighted by Gasteiger charge is 2.24. The average molecular weight is 614 g/mol. The first-order chi connectivity index (χ1) is 20.9. The molecule has 11 nitrogen and oxygen atoms in total. The number of nitrogens with one attached hydrogen (secondary N) is 1. The molecule has 5 rings (SSSR count). The summed E-state index contributed by atoms with van der Waals surface area (Å²) in [5.74, 6) is 0.998. The van der Waals surface area contributed by atoms with E-state index < -0.39 is 23.3 Å². The first-order valence-corrected chi connectivity index (χ1v) is 14.7. The van der Waals surface area contributed by atoms with Gasteiger partial charge in [-0.1, -0.05) is 18.2 Å². The third-order valence-electron chi connectivity index (χ3n) is 6.94. The summed E-state index contributed by atoms with van der Waals surface area (Å²) in [5, 5.41) is 0.614. The molecule has 1 aliphatic rings. The molecule has 0 spiro atoms. The zero-order chi connectivity index (χ0) is 30.3. The Morgan fingerprint density at radius 1 is 1.16 bits per heavy atom. The number of benzene rings is 2. The van der Waals surface area contributed by atoms with Gasteiger partial charge in [0.2, 0.25) is 0 Å². The molecule has 3 heterocycles. The van der Waals surface area contributed by atoms with Gasteiger partial charge >= 0.3 is 0 Å². The molecule has 1 aliphatic heterocycles. The van der Waals surface area contributed by atoms with Crippen molar-refractivity contribution in [3.63, 3.8) is 0 Å². The lowest BCUT2D eigenvalue weighted by molar-refractivity contribution is 0.122. The molecule has 2 aromatic carbocycles. The number of anilines is 2. The number of alkyl halides is 1. The van der Waals surface area contributed by atoms with Gasteiger partial charge in [-0.15, -0.1) is 0 Å². The van der Waals surface area contributed by atoms with E-state index in [0.717, 1.165) is 0 Å². The zero-order valence-electron chi connectivity index (χ0n) is 23.4. The summed E-state index contributed by atoms with van der Waals surface area (Å²) in [6.07, 6.45) is -0.357. The lowest BCUT2D eigenvalue weighted by atomic mass is 9.97. The molecule has 0 bridgehead atoms. The lowest BCUT2D eigenvalue weighted by Gasteiger charge is -2.29. The Kier molecular flexibility index (Phi) is 10.0. The highest BCUT2D eigenvalue weighted by molar-refractivity contribution is 7.77. The second-order valence-corrected chi connectivity index (χ2v) is 10.5. The molecule has 14 heteroatoms. The Morgan fingerprint density at radius 3 is 2.70 bits per heavy atom. The van der Waals surface area contributed by atoms with E-state index in [4.69, 9.17) is 29.9 Å². The molecule has 0 aliphatic carbocycles. The minimum absolute atomic E-state index is 0.152. The SMILES string of the molecule is COCCOc1cc(-c2cccc(C(F)CCNS(=O)[O-])c2F)cc2c(N3CCOCC3)nc(-c3ccc(N)nc3)nc12. The molecule has 1 fully saturated rings. The molecular formula is C29H31F2N6O5S-. The topological polar surface area (TPSA) is 148 Å². The quantitative estimate of drug-likeness (QED) is 0.179. The average Bonchev–Trinajstić information content (AvgIpc) is 3.01. The highest BCUT2D eigenvalue weighted by atomic mass is 32.2. The molecule has 0 saturated carbocycles. The van der Waals surface area contributed by atoms with Crippen LogP contribution in [0.5, 0.6) is 5.75 Å². The summed E-state index contributed by atoms with van der Waals surface area (Å²) in [5.41, 5.74) is 7.36. The Hall–Kier alpha value is -3.82. The number of ether oxygens (including phenoxy) is 3. The zero-order valence-corrected chi connectivity index (χ0v) is 24.2. The minimum atomic E-state index is -2.53. The maximum absolute atomic E-state index is 15.9. The van der Waals surface area contributed by atoms with Gasteiger partial charge < -0.3 is 29.4 Å². The molecule has 0 radical (unpaired) electrons. The Bertz CT molecular complexity index is 1590. The van der Waals surface area contributed by atoms with Gasteiger partial charge in [0.15, 0.2) is 5.82 Å². The molecule has 2 atom stereocenters. The Morgan fingerprint density at radius 2 is 1.98 bits per heavy atom. The van der Waals surface area contributed by atoms with Gasteiger partial charge in [-0.2, -0.15) is 0 Å². The number of methoxy groups -OCH3 is 1. The number of aromatic nitrogens is 3. The van der Waals surface area contributed by atoms with Crippen LogP contribution in [0.25, 0.3) is 33.4 Å². The molecule has 4 aromatic rings.